The zero-order valence-electron chi connectivity index (χ0n) is 9.36. The molecule has 0 atom stereocenters. The molecule has 0 unspecified atom stereocenters. The summed E-state index contributed by atoms with van der Waals surface area (Å²) in [5.41, 5.74) is 0.673. The van der Waals surface area contributed by atoms with E-state index in [0.29, 0.717) is 5.56 Å². The van der Waals surface area contributed by atoms with Crippen molar-refractivity contribution < 1.29 is 4.79 Å². The van der Waals surface area contributed by atoms with Gasteiger partial charge in [-0.3, -0.25) is 4.79 Å². The highest BCUT2D eigenvalue weighted by molar-refractivity contribution is 7.99. The average Bonchev–Trinajstić information content (AvgIpc) is 2.18. The van der Waals surface area contributed by atoms with Crippen LogP contribution in [0.25, 0.3) is 0 Å². The van der Waals surface area contributed by atoms with Gasteiger partial charge in [0.1, 0.15) is 0 Å². The molecule has 0 saturated heterocycles. The van der Waals surface area contributed by atoms with Crippen LogP contribution >= 0.6 is 11.8 Å². The van der Waals surface area contributed by atoms with Gasteiger partial charge in [0.05, 0.1) is 5.03 Å². The summed E-state index contributed by atoms with van der Waals surface area (Å²) in [4.78, 5) is 17.4. The summed E-state index contributed by atoms with van der Waals surface area (Å²) < 4.78 is 0. The smallest absolute Gasteiger partial charge is 0.161 e. The van der Waals surface area contributed by atoms with Gasteiger partial charge >= 0.3 is 0 Å². The topological polar surface area (TPSA) is 33.2 Å². The number of nitrogens with zero attached hydrogens (tertiary/aromatic N) is 2. The Labute approximate surface area is 94.9 Å². The van der Waals surface area contributed by atoms with Crippen molar-refractivity contribution in [3.63, 3.8) is 0 Å². The number of Topliss-reactive ketones (excluding diaryl/α,β-unsaturated/α-hetero) is 1. The zero-order chi connectivity index (χ0) is 11.3. The highest BCUT2D eigenvalue weighted by Crippen LogP contribution is 2.15. The lowest BCUT2D eigenvalue weighted by atomic mass is 10.2. The van der Waals surface area contributed by atoms with E-state index in [4.69, 9.17) is 0 Å². The van der Waals surface area contributed by atoms with E-state index in [1.807, 2.05) is 26.2 Å². The molecule has 15 heavy (non-hydrogen) atoms. The minimum atomic E-state index is 0.0624. The lowest BCUT2D eigenvalue weighted by Gasteiger charge is -2.08. The van der Waals surface area contributed by atoms with Crippen LogP contribution in [0.2, 0.25) is 0 Å². The molecule has 0 radical (unpaired) electrons. The number of hydrogen-bond donors (Lipinski definition) is 0. The van der Waals surface area contributed by atoms with Crippen LogP contribution < -0.4 is 0 Å². The van der Waals surface area contributed by atoms with E-state index in [2.05, 4.69) is 9.88 Å². The first-order valence-corrected chi connectivity index (χ1v) is 5.82. The third-order valence-electron chi connectivity index (χ3n) is 1.93. The van der Waals surface area contributed by atoms with Crippen LogP contribution in [0, 0.1) is 0 Å². The summed E-state index contributed by atoms with van der Waals surface area (Å²) >= 11 is 1.71. The monoisotopic (exact) mass is 224 g/mol. The first-order chi connectivity index (χ1) is 7.09. The number of carbonyl (C=O) groups excluding carboxylic acids is 1. The van der Waals surface area contributed by atoms with Crippen molar-refractivity contribution in [3.8, 4) is 0 Å². The second-order valence-electron chi connectivity index (χ2n) is 3.59. The fourth-order valence-corrected chi connectivity index (χ4v) is 1.96. The van der Waals surface area contributed by atoms with E-state index in [-0.39, 0.29) is 5.78 Å². The first kappa shape index (κ1) is 12.2. The van der Waals surface area contributed by atoms with Gasteiger partial charge in [-0.05, 0) is 33.2 Å². The molecule has 82 valence electrons. The number of hydrogen-bond acceptors (Lipinski definition) is 4. The Morgan fingerprint density at radius 1 is 1.47 bits per heavy atom. The largest absolute Gasteiger partial charge is 0.309 e. The Morgan fingerprint density at radius 3 is 2.67 bits per heavy atom. The van der Waals surface area contributed by atoms with Gasteiger partial charge in [0.25, 0.3) is 0 Å². The Morgan fingerprint density at radius 2 is 2.20 bits per heavy atom. The first-order valence-electron chi connectivity index (χ1n) is 4.84. The molecule has 0 aliphatic heterocycles. The second-order valence-corrected chi connectivity index (χ2v) is 4.71. The Kier molecular flexibility index (Phi) is 4.78. The SMILES string of the molecule is CC(=O)c1ccc(SCCN(C)C)nc1. The van der Waals surface area contributed by atoms with Gasteiger partial charge in [0.15, 0.2) is 5.78 Å². The summed E-state index contributed by atoms with van der Waals surface area (Å²) in [6, 6.07) is 3.73. The van der Waals surface area contributed by atoms with E-state index >= 15 is 0 Å². The van der Waals surface area contributed by atoms with Crippen molar-refractivity contribution >= 4 is 17.5 Å². The third-order valence-corrected chi connectivity index (χ3v) is 2.86. The van der Waals surface area contributed by atoms with Gasteiger partial charge in [-0.25, -0.2) is 4.98 Å². The fourth-order valence-electron chi connectivity index (χ4n) is 1.01. The average molecular weight is 224 g/mol. The standard InChI is InChI=1S/C11H16N2OS/c1-9(14)10-4-5-11(12-8-10)15-7-6-13(2)3/h4-5,8H,6-7H2,1-3H3. The van der Waals surface area contributed by atoms with Gasteiger partial charge in [-0.2, -0.15) is 0 Å². The molecular weight excluding hydrogens is 208 g/mol. The molecule has 1 aromatic heterocycles. The number of ketones is 1. The molecule has 0 aromatic carbocycles. The Bertz CT molecular complexity index is 322. The highest BCUT2D eigenvalue weighted by atomic mass is 32.2. The van der Waals surface area contributed by atoms with Gasteiger partial charge in [-0.15, -0.1) is 11.8 Å². The second kappa shape index (κ2) is 5.88. The van der Waals surface area contributed by atoms with Crippen molar-refractivity contribution in [2.75, 3.05) is 26.4 Å². The van der Waals surface area contributed by atoms with E-state index in [1.54, 1.807) is 24.9 Å². The Balaban J connectivity index is 2.46. The van der Waals surface area contributed by atoms with Crippen molar-refractivity contribution in [1.82, 2.24) is 9.88 Å². The van der Waals surface area contributed by atoms with Crippen LogP contribution in [0.4, 0.5) is 0 Å². The highest BCUT2D eigenvalue weighted by Gasteiger charge is 2.00. The van der Waals surface area contributed by atoms with E-state index in [1.165, 1.54) is 0 Å². The lowest BCUT2D eigenvalue weighted by molar-refractivity contribution is 0.101. The molecule has 1 heterocycles. The number of rotatable bonds is 5. The number of thioether (sulfide) groups is 1. The Hall–Kier alpha value is -0.870. The number of carbonyl (C=O) groups is 1. The van der Waals surface area contributed by atoms with Gasteiger partial charge in [0.2, 0.25) is 0 Å². The quantitative estimate of drug-likeness (QED) is 0.565. The molecule has 0 N–H and O–H groups in total. The summed E-state index contributed by atoms with van der Waals surface area (Å²) in [7, 11) is 4.10. The maximum Gasteiger partial charge on any atom is 0.161 e. The number of pyridine rings is 1. The molecule has 0 amide bonds. The third kappa shape index (κ3) is 4.44. The molecule has 0 aliphatic carbocycles. The lowest BCUT2D eigenvalue weighted by Crippen LogP contribution is -2.14. The summed E-state index contributed by atoms with van der Waals surface area (Å²) in [6.45, 7) is 2.58. The van der Waals surface area contributed by atoms with Crippen molar-refractivity contribution in [3.05, 3.63) is 23.9 Å². The van der Waals surface area contributed by atoms with Crippen molar-refractivity contribution in [2.45, 2.75) is 11.9 Å². The molecule has 4 heteroatoms. The molecule has 0 spiro atoms. The van der Waals surface area contributed by atoms with Gasteiger partial charge < -0.3 is 4.90 Å². The maximum absolute atomic E-state index is 11.0. The molecule has 3 nitrogen and oxygen atoms in total. The zero-order valence-corrected chi connectivity index (χ0v) is 10.2. The molecule has 0 fully saturated rings. The van der Waals surface area contributed by atoms with Crippen LogP contribution in [0.3, 0.4) is 0 Å². The molecular formula is C11H16N2OS. The van der Waals surface area contributed by atoms with Crippen LogP contribution in [-0.4, -0.2) is 42.1 Å². The summed E-state index contributed by atoms with van der Waals surface area (Å²) in [5.74, 6) is 1.08. The van der Waals surface area contributed by atoms with Crippen molar-refractivity contribution in [2.24, 2.45) is 0 Å². The maximum atomic E-state index is 11.0. The number of aromatic nitrogens is 1. The normalized spacial score (nSPS) is 10.7. The van der Waals surface area contributed by atoms with E-state index < -0.39 is 0 Å². The van der Waals surface area contributed by atoms with E-state index in [0.717, 1.165) is 17.3 Å². The molecule has 0 saturated carbocycles. The van der Waals surface area contributed by atoms with Gasteiger partial charge in [0, 0.05) is 24.1 Å². The minimum absolute atomic E-state index is 0.0624. The predicted molar refractivity (Wildman–Crippen MR) is 63.5 cm³/mol. The fraction of sp³-hybridized carbons (Fsp3) is 0.455. The van der Waals surface area contributed by atoms with Gasteiger partial charge in [-0.1, -0.05) is 0 Å². The molecule has 1 rings (SSSR count). The molecule has 0 bridgehead atoms. The van der Waals surface area contributed by atoms with Crippen molar-refractivity contribution in [1.29, 1.82) is 0 Å². The van der Waals surface area contributed by atoms with E-state index in [9.17, 15) is 4.79 Å². The molecule has 0 aliphatic rings. The summed E-state index contributed by atoms with van der Waals surface area (Å²) in [5, 5.41) is 0.974. The molecule has 1 aromatic rings. The van der Waals surface area contributed by atoms with Crippen LogP contribution in [0.15, 0.2) is 23.4 Å². The predicted octanol–water partition coefficient (Wildman–Crippen LogP) is 1.94. The van der Waals surface area contributed by atoms with Crippen LogP contribution in [0.1, 0.15) is 17.3 Å². The van der Waals surface area contributed by atoms with Crippen LogP contribution in [-0.2, 0) is 0 Å². The minimum Gasteiger partial charge on any atom is -0.309 e. The summed E-state index contributed by atoms with van der Waals surface area (Å²) in [6.07, 6.45) is 1.64. The van der Waals surface area contributed by atoms with Crippen LogP contribution in [0.5, 0.6) is 0 Å².